The van der Waals surface area contributed by atoms with Gasteiger partial charge in [0.1, 0.15) is 6.54 Å². The van der Waals surface area contributed by atoms with Gasteiger partial charge in [-0.1, -0.05) is 37.5 Å². The fourth-order valence-electron chi connectivity index (χ4n) is 4.34. The van der Waals surface area contributed by atoms with Gasteiger partial charge < -0.3 is 10.6 Å². The first kappa shape index (κ1) is 18.2. The second-order valence-corrected chi connectivity index (χ2v) is 7.95. The van der Waals surface area contributed by atoms with E-state index in [1.54, 1.807) is 6.07 Å². The van der Waals surface area contributed by atoms with Gasteiger partial charge in [-0.15, -0.1) is 0 Å². The molecule has 0 radical (unpaired) electrons. The second-order valence-electron chi connectivity index (χ2n) is 7.95. The highest BCUT2D eigenvalue weighted by molar-refractivity contribution is 5.83. The lowest BCUT2D eigenvalue weighted by molar-refractivity contribution is -0.123. The Kier molecular flexibility index (Phi) is 5.25. The first-order valence-corrected chi connectivity index (χ1v) is 10.1. The van der Waals surface area contributed by atoms with Gasteiger partial charge in [0.15, 0.2) is 0 Å². The average Bonchev–Trinajstić information content (AvgIpc) is 2.68. The summed E-state index contributed by atoms with van der Waals surface area (Å²) in [5.41, 5.74) is 0.551. The fourth-order valence-corrected chi connectivity index (χ4v) is 4.34. The van der Waals surface area contributed by atoms with E-state index in [0.717, 1.165) is 23.9 Å². The molecule has 6 heteroatoms. The zero-order chi connectivity index (χ0) is 18.8. The standard InChI is InChI=1S/C21H28N4O2/c1-14-16-9-5-6-10-17(16)21(27)25(24-14)13-20(26)23-19-12-11-18(19)22-15-7-3-2-4-8-15/h5-6,9-10,15,18-19,22H,2-4,7-8,11-13H2,1H3,(H,23,26)/t18-,19+/m1/s1. The number of benzene rings is 1. The number of nitrogens with one attached hydrogen (secondary N) is 2. The van der Waals surface area contributed by atoms with Crippen LogP contribution in [0.1, 0.15) is 50.6 Å². The number of hydrogen-bond acceptors (Lipinski definition) is 4. The maximum absolute atomic E-state index is 12.6. The summed E-state index contributed by atoms with van der Waals surface area (Å²) in [7, 11) is 0. The number of fused-ring (bicyclic) bond motifs is 1. The largest absolute Gasteiger partial charge is 0.350 e. The van der Waals surface area contributed by atoms with Crippen molar-refractivity contribution in [1.29, 1.82) is 0 Å². The van der Waals surface area contributed by atoms with Crippen LogP contribution in [0.5, 0.6) is 0 Å². The minimum absolute atomic E-state index is 0.0306. The third-order valence-corrected chi connectivity index (χ3v) is 6.02. The summed E-state index contributed by atoms with van der Waals surface area (Å²) in [5, 5.41) is 12.6. The van der Waals surface area contributed by atoms with E-state index >= 15 is 0 Å². The molecule has 0 unspecified atom stereocenters. The van der Waals surface area contributed by atoms with E-state index in [9.17, 15) is 9.59 Å². The summed E-state index contributed by atoms with van der Waals surface area (Å²) in [6.07, 6.45) is 8.54. The number of amides is 1. The quantitative estimate of drug-likeness (QED) is 0.849. The van der Waals surface area contributed by atoms with Crippen molar-refractivity contribution in [3.63, 3.8) is 0 Å². The Morgan fingerprint density at radius 2 is 1.78 bits per heavy atom. The Balaban J connectivity index is 1.39. The van der Waals surface area contributed by atoms with Crippen LogP contribution in [0.2, 0.25) is 0 Å². The predicted octanol–water partition coefficient (Wildman–Crippen LogP) is 2.27. The molecule has 144 valence electrons. The van der Waals surface area contributed by atoms with Gasteiger partial charge in [0, 0.05) is 23.5 Å². The number of aryl methyl sites for hydroxylation is 1. The molecule has 2 fully saturated rings. The van der Waals surface area contributed by atoms with Gasteiger partial charge in [-0.25, -0.2) is 4.68 Å². The zero-order valence-corrected chi connectivity index (χ0v) is 15.9. The Labute approximate surface area is 159 Å². The summed E-state index contributed by atoms with van der Waals surface area (Å²) in [4.78, 5) is 25.1. The predicted molar refractivity (Wildman–Crippen MR) is 106 cm³/mol. The molecule has 1 amide bonds. The van der Waals surface area contributed by atoms with Crippen molar-refractivity contribution in [3.05, 3.63) is 40.3 Å². The Bertz CT molecular complexity index is 885. The minimum Gasteiger partial charge on any atom is -0.350 e. The normalized spacial score (nSPS) is 23.1. The van der Waals surface area contributed by atoms with Crippen molar-refractivity contribution in [2.24, 2.45) is 0 Å². The molecule has 2 atom stereocenters. The smallest absolute Gasteiger partial charge is 0.275 e. The molecule has 27 heavy (non-hydrogen) atoms. The molecule has 4 rings (SSSR count). The van der Waals surface area contributed by atoms with Crippen LogP contribution < -0.4 is 16.2 Å². The van der Waals surface area contributed by atoms with Gasteiger partial charge in [0.2, 0.25) is 5.91 Å². The van der Waals surface area contributed by atoms with Crippen LogP contribution in [-0.4, -0.2) is 33.8 Å². The summed E-state index contributed by atoms with van der Waals surface area (Å²) >= 11 is 0. The van der Waals surface area contributed by atoms with Gasteiger partial charge in [-0.3, -0.25) is 9.59 Å². The lowest BCUT2D eigenvalue weighted by Crippen LogP contribution is -2.59. The lowest BCUT2D eigenvalue weighted by Gasteiger charge is -2.41. The number of carbonyl (C=O) groups is 1. The number of rotatable bonds is 5. The molecular formula is C21H28N4O2. The Hall–Kier alpha value is -2.21. The third kappa shape index (κ3) is 3.90. The Morgan fingerprint density at radius 1 is 1.07 bits per heavy atom. The van der Waals surface area contributed by atoms with Crippen LogP contribution in [0.15, 0.2) is 29.1 Å². The molecule has 2 aliphatic rings. The van der Waals surface area contributed by atoms with E-state index < -0.39 is 0 Å². The van der Waals surface area contributed by atoms with Crippen molar-refractivity contribution < 1.29 is 4.79 Å². The first-order chi connectivity index (χ1) is 13.1. The highest BCUT2D eigenvalue weighted by Crippen LogP contribution is 2.24. The van der Waals surface area contributed by atoms with E-state index in [-0.39, 0.29) is 24.1 Å². The van der Waals surface area contributed by atoms with Crippen molar-refractivity contribution in [2.45, 2.75) is 76.5 Å². The van der Waals surface area contributed by atoms with Crippen LogP contribution >= 0.6 is 0 Å². The first-order valence-electron chi connectivity index (χ1n) is 10.1. The van der Waals surface area contributed by atoms with Gasteiger partial charge in [-0.2, -0.15) is 5.10 Å². The van der Waals surface area contributed by atoms with Gasteiger partial charge in [0.05, 0.1) is 11.1 Å². The lowest BCUT2D eigenvalue weighted by atomic mass is 9.84. The van der Waals surface area contributed by atoms with Crippen LogP contribution in [0.3, 0.4) is 0 Å². The molecule has 2 aliphatic carbocycles. The molecule has 6 nitrogen and oxygen atoms in total. The monoisotopic (exact) mass is 368 g/mol. The number of aromatic nitrogens is 2. The zero-order valence-electron chi connectivity index (χ0n) is 15.9. The minimum atomic E-state index is -0.211. The summed E-state index contributed by atoms with van der Waals surface area (Å²) < 4.78 is 1.29. The van der Waals surface area contributed by atoms with E-state index in [4.69, 9.17) is 0 Å². The van der Waals surface area contributed by atoms with Crippen molar-refractivity contribution in [3.8, 4) is 0 Å². The van der Waals surface area contributed by atoms with Crippen LogP contribution in [-0.2, 0) is 11.3 Å². The highest BCUT2D eigenvalue weighted by atomic mass is 16.2. The van der Waals surface area contributed by atoms with E-state index in [1.165, 1.54) is 36.8 Å². The van der Waals surface area contributed by atoms with Gasteiger partial charge in [0.25, 0.3) is 5.56 Å². The number of carbonyl (C=O) groups excluding carboxylic acids is 1. The summed E-state index contributed by atoms with van der Waals surface area (Å²) in [6, 6.07) is 8.52. The molecule has 0 bridgehead atoms. The van der Waals surface area contributed by atoms with Gasteiger partial charge >= 0.3 is 0 Å². The Morgan fingerprint density at radius 3 is 2.48 bits per heavy atom. The molecule has 0 aliphatic heterocycles. The molecular weight excluding hydrogens is 340 g/mol. The maximum Gasteiger partial charge on any atom is 0.275 e. The van der Waals surface area contributed by atoms with E-state index in [2.05, 4.69) is 15.7 Å². The molecule has 2 N–H and O–H groups in total. The van der Waals surface area contributed by atoms with Crippen LogP contribution in [0.25, 0.3) is 10.8 Å². The summed E-state index contributed by atoms with van der Waals surface area (Å²) in [6.45, 7) is 1.84. The van der Waals surface area contributed by atoms with Gasteiger partial charge in [-0.05, 0) is 38.7 Å². The number of nitrogens with zero attached hydrogens (tertiary/aromatic N) is 2. The summed E-state index contributed by atoms with van der Waals surface area (Å²) in [5.74, 6) is -0.139. The van der Waals surface area contributed by atoms with E-state index in [1.807, 2.05) is 25.1 Å². The van der Waals surface area contributed by atoms with Crippen LogP contribution in [0, 0.1) is 6.92 Å². The topological polar surface area (TPSA) is 76.0 Å². The SMILES string of the molecule is Cc1nn(CC(=O)N[C@H]2CC[C@H]2NC2CCCCC2)c(=O)c2ccccc12. The molecule has 0 spiro atoms. The average molecular weight is 368 g/mol. The maximum atomic E-state index is 12.6. The molecule has 0 saturated heterocycles. The fraction of sp³-hybridized carbons (Fsp3) is 0.571. The molecule has 1 heterocycles. The molecule has 1 aromatic heterocycles. The molecule has 2 aromatic rings. The van der Waals surface area contributed by atoms with Crippen molar-refractivity contribution >= 4 is 16.7 Å². The number of hydrogen-bond donors (Lipinski definition) is 2. The van der Waals surface area contributed by atoms with Crippen molar-refractivity contribution in [2.75, 3.05) is 0 Å². The molecule has 1 aromatic carbocycles. The second kappa shape index (κ2) is 7.80. The third-order valence-electron chi connectivity index (χ3n) is 6.02. The highest BCUT2D eigenvalue weighted by Gasteiger charge is 2.33. The van der Waals surface area contributed by atoms with E-state index in [0.29, 0.717) is 17.5 Å². The van der Waals surface area contributed by atoms with Crippen molar-refractivity contribution in [1.82, 2.24) is 20.4 Å². The molecule has 2 saturated carbocycles. The van der Waals surface area contributed by atoms with Crippen LogP contribution in [0.4, 0.5) is 0 Å².